The van der Waals surface area contributed by atoms with Crippen LogP contribution in [0.25, 0.3) is 11.0 Å². The van der Waals surface area contributed by atoms with Gasteiger partial charge in [0.25, 0.3) is 5.56 Å². The zero-order valence-corrected chi connectivity index (χ0v) is 9.31. The third-order valence-corrected chi connectivity index (χ3v) is 3.19. The quantitative estimate of drug-likeness (QED) is 0.673. The van der Waals surface area contributed by atoms with E-state index >= 15 is 0 Å². The second-order valence-electron chi connectivity index (χ2n) is 4.45. The third-order valence-electron chi connectivity index (χ3n) is 3.19. The molecule has 1 unspecified atom stereocenters. The highest BCUT2D eigenvalue weighted by Crippen LogP contribution is 2.17. The Hall–Kier alpha value is -1.66. The molecule has 0 radical (unpaired) electrons. The minimum atomic E-state index is -0.225. The predicted octanol–water partition coefficient (Wildman–Crippen LogP) is -0.182. The van der Waals surface area contributed by atoms with Gasteiger partial charge in [0.1, 0.15) is 5.52 Å². The smallest absolute Gasteiger partial charge is 0.275 e. The van der Waals surface area contributed by atoms with Crippen molar-refractivity contribution >= 4 is 11.0 Å². The lowest BCUT2D eigenvalue weighted by Crippen LogP contribution is -2.21. The Morgan fingerprint density at radius 3 is 3.18 bits per heavy atom. The van der Waals surface area contributed by atoms with Crippen molar-refractivity contribution < 1.29 is 5.11 Å². The van der Waals surface area contributed by atoms with E-state index in [-0.39, 0.29) is 11.7 Å². The number of aromatic amines is 2. The number of aromatic nitrogens is 3. The molecule has 0 amide bonds. The van der Waals surface area contributed by atoms with Crippen LogP contribution in [0.1, 0.15) is 12.0 Å². The minimum absolute atomic E-state index is 0.150. The Morgan fingerprint density at radius 1 is 1.53 bits per heavy atom. The number of rotatable bonds is 2. The highest BCUT2D eigenvalue weighted by molar-refractivity contribution is 5.77. The fraction of sp³-hybridized carbons (Fsp3) is 0.455. The highest BCUT2D eigenvalue weighted by atomic mass is 16.3. The summed E-state index contributed by atoms with van der Waals surface area (Å²) < 4.78 is 0. The summed E-state index contributed by atoms with van der Waals surface area (Å²) >= 11 is 0. The van der Waals surface area contributed by atoms with Crippen LogP contribution in [0.2, 0.25) is 0 Å². The van der Waals surface area contributed by atoms with Crippen molar-refractivity contribution in [1.82, 2.24) is 19.9 Å². The average molecular weight is 234 g/mol. The van der Waals surface area contributed by atoms with Gasteiger partial charge in [0.05, 0.1) is 17.9 Å². The van der Waals surface area contributed by atoms with Gasteiger partial charge in [0.2, 0.25) is 0 Å². The fourth-order valence-corrected chi connectivity index (χ4v) is 2.32. The molecule has 1 aliphatic rings. The number of H-pyrrole nitrogens is 2. The predicted molar refractivity (Wildman–Crippen MR) is 62.6 cm³/mol. The number of aliphatic hydroxyl groups is 1. The summed E-state index contributed by atoms with van der Waals surface area (Å²) in [4.78, 5) is 23.3. The van der Waals surface area contributed by atoms with Gasteiger partial charge in [-0.1, -0.05) is 0 Å². The van der Waals surface area contributed by atoms with Gasteiger partial charge in [-0.25, -0.2) is 4.98 Å². The molecule has 17 heavy (non-hydrogen) atoms. The van der Waals surface area contributed by atoms with Gasteiger partial charge in [-0.3, -0.25) is 9.69 Å². The molecule has 0 aromatic carbocycles. The topological polar surface area (TPSA) is 85.0 Å². The summed E-state index contributed by atoms with van der Waals surface area (Å²) in [5, 5.41) is 9.47. The third kappa shape index (κ3) is 1.85. The van der Waals surface area contributed by atoms with E-state index in [0.717, 1.165) is 24.0 Å². The fourth-order valence-electron chi connectivity index (χ4n) is 2.32. The molecule has 6 heteroatoms. The normalized spacial score (nSPS) is 21.4. The molecule has 0 bridgehead atoms. The largest absolute Gasteiger partial charge is 0.392 e. The van der Waals surface area contributed by atoms with Crippen LogP contribution in [0.15, 0.2) is 17.3 Å². The van der Waals surface area contributed by atoms with E-state index in [1.807, 2.05) is 6.20 Å². The zero-order chi connectivity index (χ0) is 11.8. The summed E-state index contributed by atoms with van der Waals surface area (Å²) in [7, 11) is 0. The summed E-state index contributed by atoms with van der Waals surface area (Å²) in [6.07, 6.45) is 3.83. The van der Waals surface area contributed by atoms with Crippen molar-refractivity contribution in [3.8, 4) is 0 Å². The number of aliphatic hydroxyl groups excluding tert-OH is 1. The van der Waals surface area contributed by atoms with Crippen LogP contribution < -0.4 is 5.56 Å². The molecular formula is C11H14N4O2. The van der Waals surface area contributed by atoms with Crippen molar-refractivity contribution in [2.24, 2.45) is 0 Å². The van der Waals surface area contributed by atoms with Crippen molar-refractivity contribution in [3.63, 3.8) is 0 Å². The number of β-amino-alcohol motifs (C(OH)–C–C–N with tert-alkyl or cyclic N) is 1. The number of hydrogen-bond acceptors (Lipinski definition) is 4. The summed E-state index contributed by atoms with van der Waals surface area (Å²) in [5.41, 5.74) is 2.08. The van der Waals surface area contributed by atoms with Crippen molar-refractivity contribution in [3.05, 3.63) is 28.4 Å². The Bertz CT molecular complexity index is 588. The second kappa shape index (κ2) is 3.97. The van der Waals surface area contributed by atoms with Crippen LogP contribution in [0.4, 0.5) is 0 Å². The van der Waals surface area contributed by atoms with E-state index in [4.69, 9.17) is 0 Å². The average Bonchev–Trinajstić information content (AvgIpc) is 2.88. The van der Waals surface area contributed by atoms with Crippen molar-refractivity contribution in [2.75, 3.05) is 13.1 Å². The van der Waals surface area contributed by atoms with Crippen molar-refractivity contribution in [1.29, 1.82) is 0 Å². The molecule has 3 rings (SSSR count). The monoisotopic (exact) mass is 234 g/mol. The Labute approximate surface area is 97.3 Å². The molecule has 0 aliphatic carbocycles. The number of fused-ring (bicyclic) bond motifs is 1. The summed E-state index contributed by atoms with van der Waals surface area (Å²) in [6.45, 7) is 2.29. The molecule has 0 saturated carbocycles. The first kappa shape index (κ1) is 10.5. The number of likely N-dealkylation sites (tertiary alicyclic amines) is 1. The number of hydrogen-bond donors (Lipinski definition) is 3. The molecule has 2 aromatic heterocycles. The summed E-state index contributed by atoms with van der Waals surface area (Å²) in [5.74, 6) is 0. The van der Waals surface area contributed by atoms with E-state index in [2.05, 4.69) is 19.9 Å². The Balaban J connectivity index is 1.91. The standard InChI is InChI=1S/C11H14N4O2/c16-8-1-2-15(5-8)4-7-3-12-10-9(7)13-6-14-11(10)17/h3,6,8,12,16H,1-2,4-5H2,(H,13,14,17). The first-order valence-corrected chi connectivity index (χ1v) is 5.68. The van der Waals surface area contributed by atoms with Gasteiger partial charge in [-0.05, 0) is 6.42 Å². The minimum Gasteiger partial charge on any atom is -0.392 e. The van der Waals surface area contributed by atoms with Crippen LogP contribution >= 0.6 is 0 Å². The molecule has 3 N–H and O–H groups in total. The van der Waals surface area contributed by atoms with E-state index in [1.165, 1.54) is 6.33 Å². The molecule has 3 heterocycles. The molecule has 1 saturated heterocycles. The molecule has 1 aliphatic heterocycles. The van der Waals surface area contributed by atoms with Gasteiger partial charge < -0.3 is 15.1 Å². The van der Waals surface area contributed by atoms with E-state index in [1.54, 1.807) is 0 Å². The molecule has 6 nitrogen and oxygen atoms in total. The van der Waals surface area contributed by atoms with E-state index in [9.17, 15) is 9.90 Å². The van der Waals surface area contributed by atoms with Gasteiger partial charge >= 0.3 is 0 Å². The second-order valence-corrected chi connectivity index (χ2v) is 4.45. The molecule has 2 aromatic rings. The first-order chi connectivity index (χ1) is 8.24. The lowest BCUT2D eigenvalue weighted by molar-refractivity contribution is 0.175. The van der Waals surface area contributed by atoms with Crippen LogP contribution in [-0.4, -0.2) is 44.2 Å². The van der Waals surface area contributed by atoms with Crippen LogP contribution in [-0.2, 0) is 6.54 Å². The number of nitrogens with zero attached hydrogens (tertiary/aromatic N) is 2. The molecule has 1 atom stereocenters. The SMILES string of the molecule is O=c1[nH]cnc2c(CN3CCC(O)C3)c[nH]c12. The maximum Gasteiger partial charge on any atom is 0.275 e. The molecule has 1 fully saturated rings. The van der Waals surface area contributed by atoms with Crippen LogP contribution in [0.3, 0.4) is 0 Å². The maximum atomic E-state index is 11.5. The molecule has 0 spiro atoms. The Morgan fingerprint density at radius 2 is 2.41 bits per heavy atom. The zero-order valence-electron chi connectivity index (χ0n) is 9.31. The molecular weight excluding hydrogens is 220 g/mol. The van der Waals surface area contributed by atoms with Gasteiger partial charge in [0.15, 0.2) is 0 Å². The first-order valence-electron chi connectivity index (χ1n) is 5.68. The lowest BCUT2D eigenvalue weighted by atomic mass is 10.2. The number of nitrogens with one attached hydrogen (secondary N) is 2. The summed E-state index contributed by atoms with van der Waals surface area (Å²) in [6, 6.07) is 0. The van der Waals surface area contributed by atoms with Crippen molar-refractivity contribution in [2.45, 2.75) is 19.1 Å². The van der Waals surface area contributed by atoms with Gasteiger partial charge in [0, 0.05) is 31.4 Å². The highest BCUT2D eigenvalue weighted by Gasteiger charge is 2.21. The van der Waals surface area contributed by atoms with E-state index < -0.39 is 0 Å². The van der Waals surface area contributed by atoms with Gasteiger partial charge in [-0.15, -0.1) is 0 Å². The maximum absolute atomic E-state index is 11.5. The Kier molecular flexibility index (Phi) is 2.45. The lowest BCUT2D eigenvalue weighted by Gasteiger charge is -2.13. The van der Waals surface area contributed by atoms with E-state index in [0.29, 0.717) is 18.6 Å². The van der Waals surface area contributed by atoms with Crippen LogP contribution in [0, 0.1) is 0 Å². The van der Waals surface area contributed by atoms with Crippen LogP contribution in [0.5, 0.6) is 0 Å². The molecule has 90 valence electrons. The van der Waals surface area contributed by atoms with Gasteiger partial charge in [-0.2, -0.15) is 0 Å².